The van der Waals surface area contributed by atoms with Crippen LogP contribution in [0.5, 0.6) is 0 Å². The van der Waals surface area contributed by atoms with Gasteiger partial charge in [-0.25, -0.2) is 5.84 Å². The third kappa shape index (κ3) is 3.25. The van der Waals surface area contributed by atoms with Crippen LogP contribution in [0, 0.1) is 0 Å². The maximum absolute atomic E-state index is 11.2. The van der Waals surface area contributed by atoms with Gasteiger partial charge in [0.15, 0.2) is 0 Å². The molecule has 1 heterocycles. The van der Waals surface area contributed by atoms with Gasteiger partial charge >= 0.3 is 0 Å². The Kier molecular flexibility index (Phi) is 4.86. The summed E-state index contributed by atoms with van der Waals surface area (Å²) in [5.41, 5.74) is 2.15. The van der Waals surface area contributed by atoms with Crippen LogP contribution in [0.25, 0.3) is 0 Å². The first kappa shape index (κ1) is 11.4. The van der Waals surface area contributed by atoms with Gasteiger partial charge in [0.2, 0.25) is 0 Å². The Labute approximate surface area is 84.3 Å². The average molecular weight is 201 g/mol. The number of ether oxygens (including phenoxy) is 1. The van der Waals surface area contributed by atoms with E-state index in [9.17, 15) is 4.79 Å². The Morgan fingerprint density at radius 3 is 3.00 bits per heavy atom. The Balaban J connectivity index is 2.22. The molecule has 4 N–H and O–H groups in total. The molecule has 5 heteroatoms. The molecule has 1 saturated heterocycles. The highest BCUT2D eigenvalue weighted by Crippen LogP contribution is 2.10. The van der Waals surface area contributed by atoms with E-state index in [1.165, 1.54) is 0 Å². The van der Waals surface area contributed by atoms with Crippen molar-refractivity contribution in [3.8, 4) is 0 Å². The molecule has 0 aromatic rings. The van der Waals surface area contributed by atoms with Crippen LogP contribution in [0.15, 0.2) is 0 Å². The van der Waals surface area contributed by atoms with Crippen molar-refractivity contribution in [2.75, 3.05) is 13.2 Å². The first-order valence-electron chi connectivity index (χ1n) is 5.13. The fourth-order valence-electron chi connectivity index (χ4n) is 1.60. The molecule has 1 fully saturated rings. The Hall–Kier alpha value is -0.650. The monoisotopic (exact) mass is 201 g/mol. The summed E-state index contributed by atoms with van der Waals surface area (Å²) >= 11 is 0. The maximum Gasteiger partial charge on any atom is 0.250 e. The summed E-state index contributed by atoms with van der Waals surface area (Å²) in [4.78, 5) is 11.2. The molecule has 0 aliphatic carbocycles. The molecule has 82 valence electrons. The van der Waals surface area contributed by atoms with Crippen molar-refractivity contribution in [3.05, 3.63) is 0 Å². The van der Waals surface area contributed by atoms with E-state index in [1.807, 2.05) is 6.92 Å². The number of carbonyl (C=O) groups excluding carboxylic acids is 1. The van der Waals surface area contributed by atoms with E-state index in [0.717, 1.165) is 32.4 Å². The standard InChI is InChI=1S/C9H19N3O2/c1-2-8(9(13)12-10)11-6-7-4-3-5-14-7/h7-8,11H,2-6,10H2,1H3,(H,12,13). The van der Waals surface area contributed by atoms with Crippen molar-refractivity contribution in [2.45, 2.75) is 38.3 Å². The molecule has 2 unspecified atom stereocenters. The number of rotatable bonds is 5. The summed E-state index contributed by atoms with van der Waals surface area (Å²) in [6.07, 6.45) is 3.19. The summed E-state index contributed by atoms with van der Waals surface area (Å²) < 4.78 is 5.44. The molecule has 0 radical (unpaired) electrons. The van der Waals surface area contributed by atoms with Crippen molar-refractivity contribution in [3.63, 3.8) is 0 Å². The lowest BCUT2D eigenvalue weighted by Gasteiger charge is -2.17. The second kappa shape index (κ2) is 5.95. The smallest absolute Gasteiger partial charge is 0.250 e. The fourth-order valence-corrected chi connectivity index (χ4v) is 1.60. The van der Waals surface area contributed by atoms with Gasteiger partial charge in [-0.2, -0.15) is 0 Å². The number of hydrazine groups is 1. The van der Waals surface area contributed by atoms with Crippen molar-refractivity contribution < 1.29 is 9.53 Å². The molecule has 0 aromatic heterocycles. The number of amides is 1. The highest BCUT2D eigenvalue weighted by Gasteiger charge is 2.19. The lowest BCUT2D eigenvalue weighted by Crippen LogP contribution is -2.48. The molecule has 1 aliphatic rings. The minimum absolute atomic E-state index is 0.162. The lowest BCUT2D eigenvalue weighted by molar-refractivity contribution is -0.123. The summed E-state index contributed by atoms with van der Waals surface area (Å²) in [6.45, 7) is 3.51. The molecule has 1 aliphatic heterocycles. The van der Waals surface area contributed by atoms with E-state index >= 15 is 0 Å². The minimum atomic E-state index is -0.204. The first-order valence-corrected chi connectivity index (χ1v) is 5.13. The largest absolute Gasteiger partial charge is 0.377 e. The Morgan fingerprint density at radius 1 is 1.71 bits per heavy atom. The van der Waals surface area contributed by atoms with Crippen molar-refractivity contribution >= 4 is 5.91 Å². The number of nitrogens with two attached hydrogens (primary N) is 1. The van der Waals surface area contributed by atoms with Crippen molar-refractivity contribution in [2.24, 2.45) is 5.84 Å². The number of carbonyl (C=O) groups is 1. The van der Waals surface area contributed by atoms with E-state index in [2.05, 4.69) is 10.7 Å². The molecule has 0 spiro atoms. The van der Waals surface area contributed by atoms with Crippen LogP contribution in [0.3, 0.4) is 0 Å². The van der Waals surface area contributed by atoms with Gasteiger partial charge in [-0.05, 0) is 19.3 Å². The molecule has 1 amide bonds. The number of hydrogen-bond acceptors (Lipinski definition) is 4. The molecule has 1 rings (SSSR count). The van der Waals surface area contributed by atoms with Crippen LogP contribution in [-0.4, -0.2) is 31.2 Å². The minimum Gasteiger partial charge on any atom is -0.377 e. The molecule has 0 aromatic carbocycles. The second-order valence-electron chi connectivity index (χ2n) is 3.51. The number of nitrogens with one attached hydrogen (secondary N) is 2. The van der Waals surface area contributed by atoms with Crippen LogP contribution in [0.1, 0.15) is 26.2 Å². The normalized spacial score (nSPS) is 23.4. The molecular weight excluding hydrogens is 182 g/mol. The lowest BCUT2D eigenvalue weighted by atomic mass is 10.2. The topological polar surface area (TPSA) is 76.4 Å². The van der Waals surface area contributed by atoms with Gasteiger partial charge in [0.25, 0.3) is 5.91 Å². The summed E-state index contributed by atoms with van der Waals surface area (Å²) in [6, 6.07) is -0.204. The first-order chi connectivity index (χ1) is 6.77. The van der Waals surface area contributed by atoms with E-state index in [-0.39, 0.29) is 18.1 Å². The van der Waals surface area contributed by atoms with Gasteiger partial charge in [-0.15, -0.1) is 0 Å². The molecule has 2 atom stereocenters. The molecule has 5 nitrogen and oxygen atoms in total. The quantitative estimate of drug-likeness (QED) is 0.319. The predicted octanol–water partition coefficient (Wildman–Crippen LogP) is -0.476. The van der Waals surface area contributed by atoms with Gasteiger partial charge in [0, 0.05) is 13.2 Å². The van der Waals surface area contributed by atoms with Crippen LogP contribution in [0.4, 0.5) is 0 Å². The third-order valence-corrected chi connectivity index (χ3v) is 2.48. The Bertz CT molecular complexity index is 181. The van der Waals surface area contributed by atoms with Gasteiger partial charge < -0.3 is 10.1 Å². The third-order valence-electron chi connectivity index (χ3n) is 2.48. The second-order valence-corrected chi connectivity index (χ2v) is 3.51. The van der Waals surface area contributed by atoms with Gasteiger partial charge in [0.05, 0.1) is 12.1 Å². The Morgan fingerprint density at radius 2 is 2.50 bits per heavy atom. The van der Waals surface area contributed by atoms with Crippen LogP contribution < -0.4 is 16.6 Å². The highest BCUT2D eigenvalue weighted by molar-refractivity contribution is 5.80. The van der Waals surface area contributed by atoms with Crippen LogP contribution >= 0.6 is 0 Å². The van der Waals surface area contributed by atoms with Gasteiger partial charge in [-0.1, -0.05) is 6.92 Å². The zero-order chi connectivity index (χ0) is 10.4. The zero-order valence-corrected chi connectivity index (χ0v) is 8.58. The molecule has 0 bridgehead atoms. The van der Waals surface area contributed by atoms with Crippen molar-refractivity contribution in [1.82, 2.24) is 10.7 Å². The molecule has 14 heavy (non-hydrogen) atoms. The maximum atomic E-state index is 11.2. The van der Waals surface area contributed by atoms with Gasteiger partial charge in [0.1, 0.15) is 0 Å². The SMILES string of the molecule is CCC(NCC1CCCO1)C(=O)NN. The average Bonchev–Trinajstić information content (AvgIpc) is 2.71. The van der Waals surface area contributed by atoms with E-state index in [0.29, 0.717) is 0 Å². The molecular formula is C9H19N3O2. The van der Waals surface area contributed by atoms with E-state index < -0.39 is 0 Å². The van der Waals surface area contributed by atoms with E-state index in [1.54, 1.807) is 0 Å². The highest BCUT2D eigenvalue weighted by atomic mass is 16.5. The van der Waals surface area contributed by atoms with Crippen LogP contribution in [-0.2, 0) is 9.53 Å². The summed E-state index contributed by atoms with van der Waals surface area (Å²) in [7, 11) is 0. The zero-order valence-electron chi connectivity index (χ0n) is 8.58. The van der Waals surface area contributed by atoms with Gasteiger partial charge in [-0.3, -0.25) is 10.2 Å². The van der Waals surface area contributed by atoms with Crippen molar-refractivity contribution in [1.29, 1.82) is 0 Å². The summed E-state index contributed by atoms with van der Waals surface area (Å²) in [5.74, 6) is 4.90. The predicted molar refractivity (Wildman–Crippen MR) is 53.4 cm³/mol. The van der Waals surface area contributed by atoms with Crippen LogP contribution in [0.2, 0.25) is 0 Å². The molecule has 0 saturated carbocycles. The fraction of sp³-hybridized carbons (Fsp3) is 0.889. The van der Waals surface area contributed by atoms with E-state index in [4.69, 9.17) is 10.6 Å². The summed E-state index contributed by atoms with van der Waals surface area (Å²) in [5, 5.41) is 3.14. The number of hydrogen-bond donors (Lipinski definition) is 3.